The number of hydrogen-bond donors (Lipinski definition) is 1. The van der Waals surface area contributed by atoms with E-state index in [9.17, 15) is 9.90 Å². The van der Waals surface area contributed by atoms with Crippen molar-refractivity contribution in [3.8, 4) is 0 Å². The molecule has 0 aromatic heterocycles. The summed E-state index contributed by atoms with van der Waals surface area (Å²) in [4.78, 5) is 11.6. The van der Waals surface area contributed by atoms with E-state index >= 15 is 0 Å². The van der Waals surface area contributed by atoms with Gasteiger partial charge in [0, 0.05) is 6.92 Å². The molecule has 1 aliphatic carbocycles. The second kappa shape index (κ2) is 7.96. The average molecular weight is 383 g/mol. The van der Waals surface area contributed by atoms with Crippen molar-refractivity contribution in [2.45, 2.75) is 90.0 Å². The SMILES string of the molecule is CCC/C=C\C1=C(CO)[C@@H](O[Si](C)(C)C(C)(C)C)[C@@H]2O[C@@H]2[C@H]1OC(C)=O. The van der Waals surface area contributed by atoms with Gasteiger partial charge in [-0.3, -0.25) is 4.79 Å². The van der Waals surface area contributed by atoms with Crippen LogP contribution < -0.4 is 0 Å². The first-order valence-corrected chi connectivity index (χ1v) is 12.4. The zero-order valence-electron chi connectivity index (χ0n) is 17.2. The molecule has 0 bridgehead atoms. The van der Waals surface area contributed by atoms with E-state index in [1.54, 1.807) is 0 Å². The molecular formula is C20H34O5Si. The van der Waals surface area contributed by atoms with Gasteiger partial charge in [-0.05, 0) is 35.7 Å². The van der Waals surface area contributed by atoms with E-state index < -0.39 is 14.4 Å². The molecule has 1 N–H and O–H groups in total. The molecule has 0 radical (unpaired) electrons. The Kier molecular flexibility index (Phi) is 6.54. The number of unbranched alkanes of at least 4 members (excludes halogenated alkanes) is 1. The molecular weight excluding hydrogens is 348 g/mol. The fourth-order valence-electron chi connectivity index (χ4n) is 3.05. The van der Waals surface area contributed by atoms with Crippen LogP contribution in [0.15, 0.2) is 23.3 Å². The van der Waals surface area contributed by atoms with Crippen LogP contribution in [0.1, 0.15) is 47.5 Å². The Morgan fingerprint density at radius 2 is 1.88 bits per heavy atom. The van der Waals surface area contributed by atoms with E-state index in [1.807, 2.05) is 6.08 Å². The Bertz CT molecular complexity index is 587. The molecule has 0 amide bonds. The Morgan fingerprint density at radius 1 is 1.27 bits per heavy atom. The third kappa shape index (κ3) is 4.47. The molecule has 1 saturated heterocycles. The average Bonchev–Trinajstić information content (AvgIpc) is 3.29. The molecule has 0 unspecified atom stereocenters. The Morgan fingerprint density at radius 3 is 2.38 bits per heavy atom. The van der Waals surface area contributed by atoms with Crippen LogP contribution in [0.5, 0.6) is 0 Å². The third-order valence-electron chi connectivity index (χ3n) is 5.62. The first kappa shape index (κ1) is 21.3. The predicted molar refractivity (Wildman–Crippen MR) is 104 cm³/mol. The quantitative estimate of drug-likeness (QED) is 0.413. The van der Waals surface area contributed by atoms with Gasteiger partial charge in [-0.2, -0.15) is 0 Å². The number of hydrogen-bond acceptors (Lipinski definition) is 5. The summed E-state index contributed by atoms with van der Waals surface area (Å²) in [5.41, 5.74) is 1.62. The standard InChI is InChI=1S/C20H34O5Si/c1-8-9-10-11-14-15(12-21)17(25-26(6,7)20(3,4)5)19-18(24-19)16(14)23-13(2)22/h10-11,16-19,21H,8-9,12H2,1-7H3/b11-10-/t16-,17+,18+,19-/m0/s1. The monoisotopic (exact) mass is 382 g/mol. The van der Waals surface area contributed by atoms with Crippen molar-refractivity contribution < 1.29 is 23.8 Å². The van der Waals surface area contributed by atoms with Gasteiger partial charge in [0.2, 0.25) is 0 Å². The number of carbonyl (C=O) groups excluding carboxylic acids is 1. The van der Waals surface area contributed by atoms with E-state index in [-0.39, 0.29) is 35.9 Å². The Hall–Kier alpha value is -0.953. The normalized spacial score (nSPS) is 29.1. The fraction of sp³-hybridized carbons (Fsp3) is 0.750. The highest BCUT2D eigenvalue weighted by molar-refractivity contribution is 6.74. The second-order valence-electron chi connectivity index (χ2n) is 8.72. The molecule has 148 valence electrons. The Balaban J connectivity index is 2.40. The first-order chi connectivity index (χ1) is 12.0. The maximum atomic E-state index is 11.6. The van der Waals surface area contributed by atoms with Crippen LogP contribution in [0.25, 0.3) is 0 Å². The van der Waals surface area contributed by atoms with E-state index in [4.69, 9.17) is 13.9 Å². The second-order valence-corrected chi connectivity index (χ2v) is 13.5. The van der Waals surface area contributed by atoms with Crippen LogP contribution in [0, 0.1) is 0 Å². The zero-order valence-corrected chi connectivity index (χ0v) is 18.2. The molecule has 26 heavy (non-hydrogen) atoms. The molecule has 4 atom stereocenters. The summed E-state index contributed by atoms with van der Waals surface area (Å²) in [6, 6.07) is 0. The number of allylic oxidation sites excluding steroid dienone is 1. The molecule has 1 aliphatic heterocycles. The lowest BCUT2D eigenvalue weighted by molar-refractivity contribution is -0.145. The van der Waals surface area contributed by atoms with Crippen LogP contribution in [0.4, 0.5) is 0 Å². The molecule has 0 aromatic rings. The minimum atomic E-state index is -2.04. The zero-order chi connectivity index (χ0) is 19.7. The molecule has 0 saturated carbocycles. The number of ether oxygens (including phenoxy) is 2. The van der Waals surface area contributed by atoms with Crippen LogP contribution in [0.3, 0.4) is 0 Å². The molecule has 1 fully saturated rings. The fourth-order valence-corrected chi connectivity index (χ4v) is 4.31. The number of rotatable bonds is 7. The maximum Gasteiger partial charge on any atom is 0.303 e. The van der Waals surface area contributed by atoms with Gasteiger partial charge in [-0.15, -0.1) is 0 Å². The maximum absolute atomic E-state index is 11.6. The predicted octanol–water partition coefficient (Wildman–Crippen LogP) is 3.73. The number of epoxide rings is 1. The van der Waals surface area contributed by atoms with Gasteiger partial charge in [-0.1, -0.05) is 46.3 Å². The molecule has 2 rings (SSSR count). The lowest BCUT2D eigenvalue weighted by Gasteiger charge is -2.41. The third-order valence-corrected chi connectivity index (χ3v) is 10.1. The van der Waals surface area contributed by atoms with Crippen molar-refractivity contribution in [2.24, 2.45) is 0 Å². The van der Waals surface area contributed by atoms with Crippen molar-refractivity contribution in [3.05, 3.63) is 23.3 Å². The number of carbonyl (C=O) groups is 1. The minimum Gasteiger partial charge on any atom is -0.455 e. The van der Waals surface area contributed by atoms with Gasteiger partial charge in [-0.25, -0.2) is 0 Å². The van der Waals surface area contributed by atoms with Crippen LogP contribution in [0.2, 0.25) is 18.1 Å². The highest BCUT2D eigenvalue weighted by atomic mass is 28.4. The largest absolute Gasteiger partial charge is 0.455 e. The molecule has 6 heteroatoms. The van der Waals surface area contributed by atoms with Gasteiger partial charge >= 0.3 is 5.97 Å². The van der Waals surface area contributed by atoms with Crippen molar-refractivity contribution in [3.63, 3.8) is 0 Å². The topological polar surface area (TPSA) is 68.3 Å². The number of fused-ring (bicyclic) bond motifs is 1. The van der Waals surface area contributed by atoms with Gasteiger partial charge in [0.05, 0.1) is 12.7 Å². The van der Waals surface area contributed by atoms with E-state index in [0.29, 0.717) is 0 Å². The summed E-state index contributed by atoms with van der Waals surface area (Å²) >= 11 is 0. The number of aliphatic hydroxyl groups is 1. The smallest absolute Gasteiger partial charge is 0.303 e. The van der Waals surface area contributed by atoms with Crippen LogP contribution >= 0.6 is 0 Å². The summed E-state index contributed by atoms with van der Waals surface area (Å²) in [6.07, 6.45) is 4.91. The first-order valence-electron chi connectivity index (χ1n) is 9.54. The molecule has 5 nitrogen and oxygen atoms in total. The van der Waals surface area contributed by atoms with Crippen molar-refractivity contribution in [1.82, 2.24) is 0 Å². The summed E-state index contributed by atoms with van der Waals surface area (Å²) < 4.78 is 18.0. The minimum absolute atomic E-state index is 0.0584. The number of aliphatic hydroxyl groups excluding tert-OH is 1. The number of esters is 1. The van der Waals surface area contributed by atoms with E-state index in [0.717, 1.165) is 24.0 Å². The van der Waals surface area contributed by atoms with E-state index in [1.165, 1.54) is 6.92 Å². The summed E-state index contributed by atoms with van der Waals surface area (Å²) in [5, 5.41) is 10.2. The van der Waals surface area contributed by atoms with Gasteiger partial charge in [0.15, 0.2) is 14.4 Å². The lowest BCUT2D eigenvalue weighted by Crippen LogP contribution is -2.49. The summed E-state index contributed by atoms with van der Waals surface area (Å²) in [5.74, 6) is -0.341. The van der Waals surface area contributed by atoms with Crippen LogP contribution in [-0.2, 0) is 18.7 Å². The molecule has 0 aromatic carbocycles. The molecule has 1 heterocycles. The van der Waals surface area contributed by atoms with Crippen LogP contribution in [-0.4, -0.2) is 50.4 Å². The Labute approximate surface area is 158 Å². The van der Waals surface area contributed by atoms with Crippen molar-refractivity contribution in [2.75, 3.05) is 6.61 Å². The van der Waals surface area contributed by atoms with Crippen molar-refractivity contribution >= 4 is 14.3 Å². The van der Waals surface area contributed by atoms with Gasteiger partial charge < -0.3 is 19.0 Å². The molecule has 0 spiro atoms. The highest BCUT2D eigenvalue weighted by Gasteiger charge is 2.59. The van der Waals surface area contributed by atoms with Gasteiger partial charge in [0.1, 0.15) is 12.2 Å². The summed E-state index contributed by atoms with van der Waals surface area (Å²) in [7, 11) is -2.04. The van der Waals surface area contributed by atoms with Crippen molar-refractivity contribution in [1.29, 1.82) is 0 Å². The molecule has 2 aliphatic rings. The van der Waals surface area contributed by atoms with Gasteiger partial charge in [0.25, 0.3) is 0 Å². The van der Waals surface area contributed by atoms with E-state index in [2.05, 4.69) is 46.9 Å². The summed E-state index contributed by atoms with van der Waals surface area (Å²) in [6.45, 7) is 14.4. The highest BCUT2D eigenvalue weighted by Crippen LogP contribution is 2.47. The lowest BCUT2D eigenvalue weighted by atomic mass is 9.87.